The molecule has 0 spiro atoms. The van der Waals surface area contributed by atoms with Crippen LogP contribution in [0.15, 0.2) is 0 Å². The fourth-order valence-corrected chi connectivity index (χ4v) is 2.11. The van der Waals surface area contributed by atoms with Crippen LogP contribution in [0.25, 0.3) is 0 Å². The fraction of sp³-hybridized carbons (Fsp3) is 0.923. The third kappa shape index (κ3) is 4.94. The van der Waals surface area contributed by atoms with Crippen LogP contribution in [0.4, 0.5) is 4.79 Å². The summed E-state index contributed by atoms with van der Waals surface area (Å²) in [4.78, 5) is 11.6. The second-order valence-corrected chi connectivity index (χ2v) is 5.56. The van der Waals surface area contributed by atoms with Gasteiger partial charge in [0.15, 0.2) is 0 Å². The lowest BCUT2D eigenvalue weighted by Crippen LogP contribution is -2.51. The zero-order valence-electron chi connectivity index (χ0n) is 11.3. The van der Waals surface area contributed by atoms with Crippen molar-refractivity contribution < 1.29 is 9.90 Å². The number of aliphatic hydroxyl groups is 1. The summed E-state index contributed by atoms with van der Waals surface area (Å²) in [6, 6.07) is 0.0158. The predicted molar refractivity (Wildman–Crippen MR) is 68.9 cm³/mol. The molecule has 2 atom stereocenters. The molecule has 1 rings (SSSR count). The van der Waals surface area contributed by atoms with Crippen LogP contribution in [0.2, 0.25) is 0 Å². The van der Waals surface area contributed by atoms with Gasteiger partial charge in [-0.15, -0.1) is 0 Å². The number of rotatable bonds is 6. The van der Waals surface area contributed by atoms with Crippen molar-refractivity contribution in [3.05, 3.63) is 0 Å². The van der Waals surface area contributed by atoms with Gasteiger partial charge < -0.3 is 15.7 Å². The molecule has 0 heterocycles. The predicted octanol–water partition coefficient (Wildman–Crippen LogP) is 2.03. The smallest absolute Gasteiger partial charge is 0.315 e. The van der Waals surface area contributed by atoms with Gasteiger partial charge in [-0.1, -0.05) is 20.3 Å². The van der Waals surface area contributed by atoms with Gasteiger partial charge in [0.2, 0.25) is 0 Å². The highest BCUT2D eigenvalue weighted by Crippen LogP contribution is 2.30. The number of hydrogen-bond acceptors (Lipinski definition) is 2. The lowest BCUT2D eigenvalue weighted by atomic mass is 9.80. The Balaban J connectivity index is 2.15. The maximum Gasteiger partial charge on any atom is 0.315 e. The summed E-state index contributed by atoms with van der Waals surface area (Å²) in [5.74, 6) is 0.626. The molecule has 1 aliphatic rings. The minimum atomic E-state index is -0.642. The highest BCUT2D eigenvalue weighted by Gasteiger charge is 2.34. The maximum absolute atomic E-state index is 11.6. The van der Waals surface area contributed by atoms with E-state index in [1.54, 1.807) is 0 Å². The van der Waals surface area contributed by atoms with Crippen molar-refractivity contribution >= 4 is 6.03 Å². The molecule has 0 aromatic heterocycles. The van der Waals surface area contributed by atoms with Crippen LogP contribution in [0.5, 0.6) is 0 Å². The van der Waals surface area contributed by atoms with Crippen molar-refractivity contribution in [3.8, 4) is 0 Å². The molecule has 0 aromatic rings. The standard InChI is InChI=1S/C13H26N2O2/c1-4-10(2)8-11(3)15-12(16)14-9-13(17)6-5-7-13/h10-11,17H,4-9H2,1-3H3,(H2,14,15,16). The Bertz CT molecular complexity index is 252. The first-order valence-electron chi connectivity index (χ1n) is 6.72. The second-order valence-electron chi connectivity index (χ2n) is 5.56. The van der Waals surface area contributed by atoms with Crippen LogP contribution in [-0.2, 0) is 0 Å². The fourth-order valence-electron chi connectivity index (χ4n) is 2.11. The Hall–Kier alpha value is -0.770. The molecule has 2 amide bonds. The summed E-state index contributed by atoms with van der Waals surface area (Å²) in [7, 11) is 0. The lowest BCUT2D eigenvalue weighted by molar-refractivity contribution is -0.0290. The van der Waals surface area contributed by atoms with Crippen molar-refractivity contribution in [1.29, 1.82) is 0 Å². The number of amides is 2. The van der Waals surface area contributed by atoms with Gasteiger partial charge in [-0.05, 0) is 38.5 Å². The van der Waals surface area contributed by atoms with Crippen molar-refractivity contribution in [1.82, 2.24) is 10.6 Å². The minimum Gasteiger partial charge on any atom is -0.388 e. The van der Waals surface area contributed by atoms with E-state index >= 15 is 0 Å². The molecule has 100 valence electrons. The largest absolute Gasteiger partial charge is 0.388 e. The molecule has 17 heavy (non-hydrogen) atoms. The molecule has 4 heteroatoms. The maximum atomic E-state index is 11.6. The van der Waals surface area contributed by atoms with Gasteiger partial charge in [0.25, 0.3) is 0 Å². The molecule has 3 N–H and O–H groups in total. The minimum absolute atomic E-state index is 0.166. The van der Waals surface area contributed by atoms with E-state index < -0.39 is 5.60 Å². The molecule has 2 unspecified atom stereocenters. The zero-order valence-corrected chi connectivity index (χ0v) is 11.3. The van der Waals surface area contributed by atoms with Crippen molar-refractivity contribution in [2.45, 2.75) is 64.5 Å². The SMILES string of the molecule is CCC(C)CC(C)NC(=O)NCC1(O)CCC1. The van der Waals surface area contributed by atoms with E-state index in [0.29, 0.717) is 12.5 Å². The summed E-state index contributed by atoms with van der Waals surface area (Å²) in [5, 5.41) is 15.5. The topological polar surface area (TPSA) is 61.4 Å². The van der Waals surface area contributed by atoms with Gasteiger partial charge in [0, 0.05) is 12.6 Å². The molecule has 0 aliphatic heterocycles. The van der Waals surface area contributed by atoms with Crippen LogP contribution < -0.4 is 10.6 Å². The Morgan fingerprint density at radius 2 is 2.06 bits per heavy atom. The van der Waals surface area contributed by atoms with Gasteiger partial charge >= 0.3 is 6.03 Å². The molecule has 4 nitrogen and oxygen atoms in total. The van der Waals surface area contributed by atoms with E-state index in [1.807, 2.05) is 6.92 Å². The molecular weight excluding hydrogens is 216 g/mol. The number of carbonyl (C=O) groups is 1. The third-order valence-electron chi connectivity index (χ3n) is 3.69. The van der Waals surface area contributed by atoms with Crippen LogP contribution in [0.1, 0.15) is 52.9 Å². The Labute approximate surface area is 104 Å². The van der Waals surface area contributed by atoms with Gasteiger partial charge in [0.05, 0.1) is 5.60 Å². The summed E-state index contributed by atoms with van der Waals surface area (Å²) < 4.78 is 0. The van der Waals surface area contributed by atoms with Gasteiger partial charge in [-0.2, -0.15) is 0 Å². The third-order valence-corrected chi connectivity index (χ3v) is 3.69. The van der Waals surface area contributed by atoms with Crippen LogP contribution in [0, 0.1) is 5.92 Å². The number of hydrogen-bond donors (Lipinski definition) is 3. The quantitative estimate of drug-likeness (QED) is 0.667. The summed E-state index contributed by atoms with van der Waals surface area (Å²) in [6.07, 6.45) is 4.79. The normalized spacial score (nSPS) is 21.2. The van der Waals surface area contributed by atoms with Gasteiger partial charge in [-0.25, -0.2) is 4.79 Å². The van der Waals surface area contributed by atoms with Crippen molar-refractivity contribution in [3.63, 3.8) is 0 Å². The Morgan fingerprint density at radius 3 is 2.53 bits per heavy atom. The average Bonchev–Trinajstić information content (AvgIpc) is 2.23. The van der Waals surface area contributed by atoms with Gasteiger partial charge in [-0.3, -0.25) is 0 Å². The molecule has 0 aromatic carbocycles. The van der Waals surface area contributed by atoms with E-state index in [2.05, 4.69) is 24.5 Å². The van der Waals surface area contributed by atoms with E-state index in [1.165, 1.54) is 0 Å². The molecular formula is C13H26N2O2. The number of carbonyl (C=O) groups excluding carboxylic acids is 1. The average molecular weight is 242 g/mol. The van der Waals surface area contributed by atoms with E-state index in [-0.39, 0.29) is 12.1 Å². The number of urea groups is 1. The Kier molecular flexibility index (Phi) is 5.25. The van der Waals surface area contributed by atoms with Crippen molar-refractivity contribution in [2.24, 2.45) is 5.92 Å². The number of nitrogens with one attached hydrogen (secondary N) is 2. The second kappa shape index (κ2) is 6.24. The molecule has 0 radical (unpaired) electrons. The Morgan fingerprint density at radius 1 is 1.41 bits per heavy atom. The van der Waals surface area contributed by atoms with Gasteiger partial charge in [0.1, 0.15) is 0 Å². The van der Waals surface area contributed by atoms with Crippen LogP contribution in [-0.4, -0.2) is 29.3 Å². The van der Waals surface area contributed by atoms with E-state index in [4.69, 9.17) is 0 Å². The molecule has 1 aliphatic carbocycles. The lowest BCUT2D eigenvalue weighted by Gasteiger charge is -2.36. The molecule has 1 fully saturated rings. The van der Waals surface area contributed by atoms with E-state index in [9.17, 15) is 9.90 Å². The van der Waals surface area contributed by atoms with Crippen LogP contribution >= 0.6 is 0 Å². The van der Waals surface area contributed by atoms with Crippen LogP contribution in [0.3, 0.4) is 0 Å². The van der Waals surface area contributed by atoms with Crippen molar-refractivity contribution in [2.75, 3.05) is 6.54 Å². The summed E-state index contributed by atoms with van der Waals surface area (Å²) >= 11 is 0. The molecule has 1 saturated carbocycles. The zero-order chi connectivity index (χ0) is 12.9. The first-order valence-corrected chi connectivity index (χ1v) is 6.72. The molecule has 0 bridgehead atoms. The summed E-state index contributed by atoms with van der Waals surface area (Å²) in [6.45, 7) is 6.73. The van der Waals surface area contributed by atoms with E-state index in [0.717, 1.165) is 32.1 Å². The monoisotopic (exact) mass is 242 g/mol. The first-order chi connectivity index (χ1) is 7.95. The summed E-state index contributed by atoms with van der Waals surface area (Å²) in [5.41, 5.74) is -0.642. The highest BCUT2D eigenvalue weighted by molar-refractivity contribution is 5.74. The molecule has 0 saturated heterocycles. The first kappa shape index (κ1) is 14.3. The highest BCUT2D eigenvalue weighted by atomic mass is 16.3.